The van der Waals surface area contributed by atoms with Gasteiger partial charge in [0, 0.05) is 0 Å². The van der Waals surface area contributed by atoms with E-state index >= 15 is 0 Å². The van der Waals surface area contributed by atoms with Crippen molar-refractivity contribution in [3.05, 3.63) is 30.3 Å². The molecule has 0 aliphatic rings. The molecule has 13 heavy (non-hydrogen) atoms. The fourth-order valence-corrected chi connectivity index (χ4v) is 0.428. The van der Waals surface area contributed by atoms with E-state index in [2.05, 4.69) is 0 Å². The Morgan fingerprint density at radius 1 is 1.15 bits per heavy atom. The van der Waals surface area contributed by atoms with Gasteiger partial charge in [-0.2, -0.15) is 0 Å². The van der Waals surface area contributed by atoms with Gasteiger partial charge in [0.25, 0.3) is 0 Å². The number of aliphatic hydroxyl groups is 1. The average molecular weight is 183 g/mol. The third-order valence-electron chi connectivity index (χ3n) is 1.50. The van der Waals surface area contributed by atoms with Crippen molar-refractivity contribution in [2.24, 2.45) is 0 Å². The van der Waals surface area contributed by atoms with Gasteiger partial charge < -0.3 is 10.2 Å². The van der Waals surface area contributed by atoms with Gasteiger partial charge in [-0.1, -0.05) is 18.2 Å². The standard InChI is InChI=1S/C6H6O.C4H11NO/c7-6-4-2-1-3-5-6;1-4(6)5(2)3/h1-5,7H;4,6H,1-3H3. The molecule has 1 aromatic carbocycles. The van der Waals surface area contributed by atoms with Gasteiger partial charge in [0.05, 0.1) is 0 Å². The van der Waals surface area contributed by atoms with Gasteiger partial charge in [0.15, 0.2) is 0 Å². The molecule has 0 bridgehead atoms. The van der Waals surface area contributed by atoms with Crippen LogP contribution in [0.4, 0.5) is 0 Å². The van der Waals surface area contributed by atoms with Crippen LogP contribution in [0, 0.1) is 0 Å². The average Bonchev–Trinajstić information content (AvgIpc) is 2.06. The zero-order valence-corrected chi connectivity index (χ0v) is 8.31. The number of hydrogen-bond acceptors (Lipinski definition) is 3. The van der Waals surface area contributed by atoms with Crippen molar-refractivity contribution in [2.75, 3.05) is 14.1 Å². The van der Waals surface area contributed by atoms with Crippen LogP contribution in [0.1, 0.15) is 6.92 Å². The van der Waals surface area contributed by atoms with E-state index in [9.17, 15) is 0 Å². The molecule has 1 unspecified atom stereocenters. The molecule has 3 heteroatoms. The first kappa shape index (κ1) is 11.9. The molecule has 0 saturated carbocycles. The van der Waals surface area contributed by atoms with Crippen molar-refractivity contribution >= 4 is 0 Å². The molecule has 0 amide bonds. The van der Waals surface area contributed by atoms with Crippen LogP contribution in [0.5, 0.6) is 5.75 Å². The summed E-state index contributed by atoms with van der Waals surface area (Å²) in [5, 5.41) is 17.2. The van der Waals surface area contributed by atoms with Crippen LogP contribution >= 0.6 is 0 Å². The van der Waals surface area contributed by atoms with Gasteiger partial charge in [-0.25, -0.2) is 0 Å². The van der Waals surface area contributed by atoms with Crippen LogP contribution in [0.25, 0.3) is 0 Å². The number of nitrogens with zero attached hydrogens (tertiary/aromatic N) is 1. The second-order valence-corrected chi connectivity index (χ2v) is 2.93. The minimum Gasteiger partial charge on any atom is -0.508 e. The van der Waals surface area contributed by atoms with E-state index < -0.39 is 0 Å². The molecule has 0 fully saturated rings. The van der Waals surface area contributed by atoms with Gasteiger partial charge in [-0.3, -0.25) is 4.90 Å². The van der Waals surface area contributed by atoms with E-state index in [0.29, 0.717) is 5.75 Å². The molecule has 0 heterocycles. The Kier molecular flexibility index (Phi) is 5.93. The summed E-state index contributed by atoms with van der Waals surface area (Å²) >= 11 is 0. The van der Waals surface area contributed by atoms with Crippen LogP contribution in [-0.2, 0) is 0 Å². The molecule has 0 radical (unpaired) electrons. The number of phenols is 1. The van der Waals surface area contributed by atoms with Crippen molar-refractivity contribution in [1.29, 1.82) is 0 Å². The van der Waals surface area contributed by atoms with Gasteiger partial charge in [0.1, 0.15) is 12.0 Å². The first-order valence-electron chi connectivity index (χ1n) is 4.12. The summed E-state index contributed by atoms with van der Waals surface area (Å²) in [5.74, 6) is 0.322. The molecule has 0 saturated heterocycles. The lowest BCUT2D eigenvalue weighted by molar-refractivity contribution is 0.0578. The number of hydrogen-bond donors (Lipinski definition) is 2. The largest absolute Gasteiger partial charge is 0.508 e. The monoisotopic (exact) mass is 183 g/mol. The lowest BCUT2D eigenvalue weighted by atomic mass is 10.3. The Hall–Kier alpha value is -1.06. The predicted octanol–water partition coefficient (Wildman–Crippen LogP) is 1.28. The zero-order valence-electron chi connectivity index (χ0n) is 8.31. The van der Waals surface area contributed by atoms with E-state index in [4.69, 9.17) is 10.2 Å². The first-order valence-corrected chi connectivity index (χ1v) is 4.12. The number of aliphatic hydroxyl groups excluding tert-OH is 1. The second-order valence-electron chi connectivity index (χ2n) is 2.93. The number of para-hydroxylation sites is 1. The maximum absolute atomic E-state index is 8.63. The van der Waals surface area contributed by atoms with Crippen LogP contribution < -0.4 is 0 Å². The molecule has 0 spiro atoms. The third-order valence-corrected chi connectivity index (χ3v) is 1.50. The Morgan fingerprint density at radius 3 is 1.69 bits per heavy atom. The quantitative estimate of drug-likeness (QED) is 0.644. The number of aromatic hydroxyl groups is 1. The summed E-state index contributed by atoms with van der Waals surface area (Å²) in [6.07, 6.45) is -0.315. The number of rotatable bonds is 1. The molecule has 1 rings (SSSR count). The van der Waals surface area contributed by atoms with E-state index in [1.54, 1.807) is 36.1 Å². The van der Waals surface area contributed by atoms with E-state index in [1.807, 2.05) is 20.2 Å². The maximum atomic E-state index is 8.63. The lowest BCUT2D eigenvalue weighted by Crippen LogP contribution is -2.23. The summed E-state index contributed by atoms with van der Waals surface area (Å²) in [4.78, 5) is 1.72. The molecule has 0 aliphatic heterocycles. The molecular formula is C10H17NO2. The molecule has 3 nitrogen and oxygen atoms in total. The predicted molar refractivity (Wildman–Crippen MR) is 53.5 cm³/mol. The fraction of sp³-hybridized carbons (Fsp3) is 0.400. The van der Waals surface area contributed by atoms with Crippen molar-refractivity contribution in [3.63, 3.8) is 0 Å². The van der Waals surface area contributed by atoms with E-state index in [1.165, 1.54) is 0 Å². The van der Waals surface area contributed by atoms with Gasteiger partial charge >= 0.3 is 0 Å². The van der Waals surface area contributed by atoms with Crippen LogP contribution in [0.3, 0.4) is 0 Å². The smallest absolute Gasteiger partial charge is 0.115 e. The minimum atomic E-state index is -0.315. The molecular weight excluding hydrogens is 166 g/mol. The van der Waals surface area contributed by atoms with E-state index in [0.717, 1.165) is 0 Å². The molecule has 0 aromatic heterocycles. The Morgan fingerprint density at radius 2 is 1.54 bits per heavy atom. The van der Waals surface area contributed by atoms with Crippen molar-refractivity contribution < 1.29 is 10.2 Å². The first-order chi connectivity index (χ1) is 6.04. The van der Waals surface area contributed by atoms with Crippen LogP contribution in [0.2, 0.25) is 0 Å². The van der Waals surface area contributed by atoms with Crippen LogP contribution in [-0.4, -0.2) is 35.4 Å². The normalized spacial score (nSPS) is 11.8. The summed E-state index contributed by atoms with van der Waals surface area (Å²) < 4.78 is 0. The fourth-order valence-electron chi connectivity index (χ4n) is 0.428. The summed E-state index contributed by atoms with van der Waals surface area (Å²) in [6.45, 7) is 1.72. The Bertz CT molecular complexity index is 203. The van der Waals surface area contributed by atoms with Crippen molar-refractivity contribution in [3.8, 4) is 5.75 Å². The minimum absolute atomic E-state index is 0.315. The highest BCUT2D eigenvalue weighted by Gasteiger charge is 1.92. The van der Waals surface area contributed by atoms with Gasteiger partial charge in [0.2, 0.25) is 0 Å². The highest BCUT2D eigenvalue weighted by Crippen LogP contribution is 2.02. The lowest BCUT2D eigenvalue weighted by Gasteiger charge is -2.11. The third kappa shape index (κ3) is 7.31. The summed E-state index contributed by atoms with van der Waals surface area (Å²) in [6, 6.07) is 8.71. The SMILES string of the molecule is CC(O)N(C)C.Oc1ccccc1. The Labute approximate surface area is 79.2 Å². The molecule has 0 aliphatic carbocycles. The molecule has 1 atom stereocenters. The maximum Gasteiger partial charge on any atom is 0.115 e. The number of phenolic OH excluding ortho intramolecular Hbond substituents is 1. The van der Waals surface area contributed by atoms with Crippen molar-refractivity contribution in [1.82, 2.24) is 4.90 Å². The number of benzene rings is 1. The van der Waals surface area contributed by atoms with Crippen LogP contribution in [0.15, 0.2) is 30.3 Å². The Balaban J connectivity index is 0.000000226. The molecule has 2 N–H and O–H groups in total. The summed E-state index contributed by atoms with van der Waals surface area (Å²) in [7, 11) is 3.65. The zero-order chi connectivity index (χ0) is 10.3. The molecule has 74 valence electrons. The summed E-state index contributed by atoms with van der Waals surface area (Å²) in [5.41, 5.74) is 0. The molecule has 1 aromatic rings. The highest BCUT2D eigenvalue weighted by molar-refractivity contribution is 5.18. The topological polar surface area (TPSA) is 43.7 Å². The second kappa shape index (κ2) is 6.46. The van der Waals surface area contributed by atoms with Crippen molar-refractivity contribution in [2.45, 2.75) is 13.2 Å². The highest BCUT2D eigenvalue weighted by atomic mass is 16.3. The van der Waals surface area contributed by atoms with E-state index in [-0.39, 0.29) is 6.23 Å². The van der Waals surface area contributed by atoms with Gasteiger partial charge in [-0.05, 0) is 33.2 Å². The van der Waals surface area contributed by atoms with Gasteiger partial charge in [-0.15, -0.1) is 0 Å².